The largest absolute Gasteiger partial charge is 0.367 e. The van der Waals surface area contributed by atoms with E-state index in [4.69, 9.17) is 12.6 Å². The molecule has 2 aromatic carbocycles. The molecule has 1 fully saturated rings. The van der Waals surface area contributed by atoms with E-state index in [1.165, 1.54) is 37.4 Å². The first-order valence-corrected chi connectivity index (χ1v) is 13.7. The number of carbonyl (C=O) groups excluding carboxylic acids is 3. The van der Waals surface area contributed by atoms with Crippen LogP contribution in [0.25, 0.3) is 0 Å². The third-order valence-electron chi connectivity index (χ3n) is 7.07. The van der Waals surface area contributed by atoms with Crippen molar-refractivity contribution in [3.05, 3.63) is 64.5 Å². The van der Waals surface area contributed by atoms with Gasteiger partial charge in [-0.2, -0.15) is 0 Å². The van der Waals surface area contributed by atoms with Gasteiger partial charge in [0.25, 0.3) is 11.8 Å². The van der Waals surface area contributed by atoms with Gasteiger partial charge in [-0.1, -0.05) is 12.1 Å². The predicted molar refractivity (Wildman–Crippen MR) is 157 cm³/mol. The zero-order chi connectivity index (χ0) is 31.5. The number of ether oxygens (including phenoxy) is 1. The first kappa shape index (κ1) is 33.2. The van der Waals surface area contributed by atoms with Gasteiger partial charge in [-0.3, -0.25) is 14.5 Å². The summed E-state index contributed by atoms with van der Waals surface area (Å²) in [4.78, 5) is 38.4. The van der Waals surface area contributed by atoms with Crippen LogP contribution < -0.4 is 16.0 Å². The van der Waals surface area contributed by atoms with Crippen molar-refractivity contribution in [3.63, 3.8) is 0 Å². The minimum atomic E-state index is -2.82. The maximum atomic E-state index is 15.3. The average molecular weight is 582 g/mol. The summed E-state index contributed by atoms with van der Waals surface area (Å²) in [7, 11) is 7.43. The number of morpholine rings is 1. The fourth-order valence-corrected chi connectivity index (χ4v) is 5.40. The number of amides is 2. The van der Waals surface area contributed by atoms with E-state index in [0.717, 1.165) is 0 Å². The van der Waals surface area contributed by atoms with Crippen LogP contribution in [0.5, 0.6) is 0 Å². The van der Waals surface area contributed by atoms with E-state index in [1.54, 1.807) is 13.0 Å². The van der Waals surface area contributed by atoms with Crippen LogP contribution in [0.4, 0.5) is 10.1 Å². The highest BCUT2D eigenvalue weighted by atomic mass is 19.1. The van der Waals surface area contributed by atoms with Crippen LogP contribution in [0.1, 0.15) is 67.6 Å². The van der Waals surface area contributed by atoms with Crippen molar-refractivity contribution in [2.24, 2.45) is 0 Å². The topological polar surface area (TPSA) is 140 Å². The number of rotatable bonds is 11. The number of hydrogen-bond acceptors (Lipinski definition) is 8. The third kappa shape index (κ3) is 8.38. The number of aliphatic hydroxyl groups is 2. The summed E-state index contributed by atoms with van der Waals surface area (Å²) < 4.78 is 21.4. The van der Waals surface area contributed by atoms with Gasteiger partial charge >= 0.3 is 0 Å². The summed E-state index contributed by atoms with van der Waals surface area (Å²) in [5.74, 6) is -4.70. The Hall–Kier alpha value is -3.32. The van der Waals surface area contributed by atoms with Crippen molar-refractivity contribution in [2.75, 3.05) is 25.5 Å². The Morgan fingerprint density at radius 2 is 1.79 bits per heavy atom. The van der Waals surface area contributed by atoms with Gasteiger partial charge in [0.1, 0.15) is 19.9 Å². The molecule has 1 unspecified atom stereocenters. The Bertz CT molecular complexity index is 1320. The highest BCUT2D eigenvalue weighted by Crippen LogP contribution is 2.31. The van der Waals surface area contributed by atoms with Gasteiger partial charge < -0.3 is 35.7 Å². The number of nitrogens with zero attached hydrogens (tertiary/aromatic N) is 1. The van der Waals surface area contributed by atoms with E-state index in [-0.39, 0.29) is 46.8 Å². The molecule has 2 amide bonds. The molecule has 1 atom stereocenters. The van der Waals surface area contributed by atoms with E-state index < -0.39 is 28.6 Å². The van der Waals surface area contributed by atoms with Gasteiger partial charge in [0.15, 0.2) is 0 Å². The predicted octanol–water partition coefficient (Wildman–Crippen LogP) is 2.05. The highest BCUT2D eigenvalue weighted by molar-refractivity contribution is 6.26. The summed E-state index contributed by atoms with van der Waals surface area (Å²) in [6.07, 6.45) is 0.132. The van der Waals surface area contributed by atoms with Crippen LogP contribution >= 0.6 is 0 Å². The fraction of sp³-hybridized carbons (Fsp3) is 0.500. The maximum absolute atomic E-state index is 15.3. The van der Waals surface area contributed by atoms with Gasteiger partial charge in [-0.15, -0.1) is 0 Å². The smallest absolute Gasteiger partial charge is 0.275 e. The van der Waals surface area contributed by atoms with Gasteiger partial charge in [0.05, 0.1) is 22.2 Å². The SMILES string of the molecule is [B]C(C=O)(CCC(=O)NC)NC(=O)c1cccc(NC(O)(O)c2ccc(CN3CC(C)(C)OC(C)(C)C3)cc2F)c1C. The molecule has 0 saturated carbocycles. The summed E-state index contributed by atoms with van der Waals surface area (Å²) in [5, 5.41) is 29.1. The van der Waals surface area contributed by atoms with E-state index in [2.05, 4.69) is 20.9 Å². The molecule has 42 heavy (non-hydrogen) atoms. The molecule has 0 spiro atoms. The van der Waals surface area contributed by atoms with E-state index in [9.17, 15) is 24.6 Å². The van der Waals surface area contributed by atoms with Gasteiger partial charge in [0, 0.05) is 44.4 Å². The lowest BCUT2D eigenvalue weighted by molar-refractivity contribution is -0.182. The van der Waals surface area contributed by atoms with Crippen LogP contribution in [-0.4, -0.2) is 77.8 Å². The Labute approximate surface area is 247 Å². The van der Waals surface area contributed by atoms with Crippen LogP contribution in [0.15, 0.2) is 36.4 Å². The summed E-state index contributed by atoms with van der Waals surface area (Å²) in [6.45, 7) is 11.3. The van der Waals surface area contributed by atoms with Crippen LogP contribution in [0.2, 0.25) is 0 Å². The first-order valence-electron chi connectivity index (χ1n) is 13.7. The second-order valence-electron chi connectivity index (χ2n) is 12.1. The van der Waals surface area contributed by atoms with Crippen LogP contribution in [-0.2, 0) is 26.8 Å². The number of benzene rings is 2. The minimum Gasteiger partial charge on any atom is -0.367 e. The Balaban J connectivity index is 1.76. The first-order chi connectivity index (χ1) is 19.4. The van der Waals surface area contributed by atoms with Gasteiger partial charge in [-0.25, -0.2) is 4.39 Å². The average Bonchev–Trinajstić information content (AvgIpc) is 2.86. The molecule has 10 nitrogen and oxygen atoms in total. The lowest BCUT2D eigenvalue weighted by Gasteiger charge is -2.47. The normalized spacial score (nSPS) is 18.0. The Kier molecular flexibility index (Phi) is 9.88. The number of aldehydes is 1. The molecule has 1 aliphatic rings. The molecule has 0 aromatic heterocycles. The van der Waals surface area contributed by atoms with Gasteiger partial charge in [0.2, 0.25) is 5.91 Å². The van der Waals surface area contributed by atoms with Crippen molar-refractivity contribution in [2.45, 2.75) is 76.6 Å². The quantitative estimate of drug-likeness (QED) is 0.154. The minimum absolute atomic E-state index is 0.0830. The molecule has 2 aromatic rings. The van der Waals surface area contributed by atoms with Crippen LogP contribution in [0, 0.1) is 12.7 Å². The van der Waals surface area contributed by atoms with Crippen molar-refractivity contribution in [1.29, 1.82) is 0 Å². The van der Waals surface area contributed by atoms with E-state index >= 15 is 4.39 Å². The zero-order valence-electron chi connectivity index (χ0n) is 25.0. The molecule has 1 saturated heterocycles. The zero-order valence-corrected chi connectivity index (χ0v) is 25.0. The summed E-state index contributed by atoms with van der Waals surface area (Å²) >= 11 is 0. The van der Waals surface area contributed by atoms with Crippen molar-refractivity contribution < 1.29 is 33.7 Å². The number of halogens is 1. The summed E-state index contributed by atoms with van der Waals surface area (Å²) in [6, 6.07) is 8.63. The second-order valence-corrected chi connectivity index (χ2v) is 12.1. The molecule has 0 aliphatic carbocycles. The summed E-state index contributed by atoms with van der Waals surface area (Å²) in [5.41, 5.74) is -1.78. The Morgan fingerprint density at radius 3 is 2.36 bits per heavy atom. The van der Waals surface area contributed by atoms with E-state index in [0.29, 0.717) is 31.5 Å². The van der Waals surface area contributed by atoms with Crippen molar-refractivity contribution in [3.8, 4) is 0 Å². The maximum Gasteiger partial charge on any atom is 0.275 e. The standard InChI is InChI=1S/C30H40BFN4O6/c1-19-21(26(39)35-29(31,18-37)13-12-25(38)33-6)8-7-9-24(19)34-30(40,41)22-11-10-20(14-23(22)32)15-36-16-27(2,3)42-28(4,5)17-36/h7-11,14,18,34,40-41H,12-13,15-17H2,1-6H3,(H,33,38)(H,35,39). The number of carbonyl (C=O) groups is 3. The van der Waals surface area contributed by atoms with E-state index in [1.807, 2.05) is 27.7 Å². The fourth-order valence-electron chi connectivity index (χ4n) is 5.40. The number of nitrogens with one attached hydrogen (secondary N) is 3. The molecule has 2 radical (unpaired) electrons. The number of hydrogen-bond donors (Lipinski definition) is 5. The lowest BCUT2D eigenvalue weighted by atomic mass is 9.75. The van der Waals surface area contributed by atoms with Crippen LogP contribution in [0.3, 0.4) is 0 Å². The molecular weight excluding hydrogens is 542 g/mol. The molecule has 12 heteroatoms. The molecule has 1 heterocycles. The number of anilines is 1. The lowest BCUT2D eigenvalue weighted by Crippen LogP contribution is -2.56. The Morgan fingerprint density at radius 1 is 1.14 bits per heavy atom. The molecule has 226 valence electrons. The highest BCUT2D eigenvalue weighted by Gasteiger charge is 2.38. The molecule has 3 rings (SSSR count). The molecular formula is C30H40BFN4O6. The van der Waals surface area contributed by atoms with Crippen molar-refractivity contribution in [1.82, 2.24) is 15.5 Å². The molecule has 0 bridgehead atoms. The second kappa shape index (κ2) is 12.5. The monoisotopic (exact) mass is 582 g/mol. The molecule has 1 aliphatic heterocycles. The molecule has 5 N–H and O–H groups in total. The third-order valence-corrected chi connectivity index (χ3v) is 7.07. The van der Waals surface area contributed by atoms with Crippen molar-refractivity contribution >= 4 is 31.6 Å². The van der Waals surface area contributed by atoms with Gasteiger partial charge in [-0.05, 0) is 76.4 Å².